The molecular weight excluding hydrogens is 338 g/mol. The smallest absolute Gasteiger partial charge is 0.329 e. The third-order valence-corrected chi connectivity index (χ3v) is 3.80. The molecule has 0 radical (unpaired) electrons. The van der Waals surface area contributed by atoms with Gasteiger partial charge in [-0.15, -0.1) is 0 Å². The second-order valence-electron chi connectivity index (χ2n) is 5.83. The van der Waals surface area contributed by atoms with E-state index in [4.69, 9.17) is 0 Å². The molecule has 3 rings (SSSR count). The number of H-pyrrole nitrogens is 1. The second kappa shape index (κ2) is 7.18. The molecule has 1 aliphatic rings. The fourth-order valence-corrected chi connectivity index (χ4v) is 2.60. The van der Waals surface area contributed by atoms with Crippen molar-refractivity contribution in [1.29, 1.82) is 0 Å². The van der Waals surface area contributed by atoms with Crippen LogP contribution in [-0.2, 0) is 11.2 Å². The molecular formula is C17H17N5O4. The van der Waals surface area contributed by atoms with Crippen molar-refractivity contribution in [2.24, 2.45) is 0 Å². The van der Waals surface area contributed by atoms with Crippen LogP contribution in [0, 0.1) is 6.92 Å². The van der Waals surface area contributed by atoms with Crippen LogP contribution in [0.3, 0.4) is 0 Å². The van der Waals surface area contributed by atoms with Gasteiger partial charge in [-0.05, 0) is 31.2 Å². The molecule has 1 fully saturated rings. The summed E-state index contributed by atoms with van der Waals surface area (Å²) in [5, 5.41) is 4.93. The molecule has 0 aliphatic carbocycles. The van der Waals surface area contributed by atoms with E-state index in [1.165, 1.54) is 11.0 Å². The number of imide groups is 1. The van der Waals surface area contributed by atoms with Gasteiger partial charge in [-0.25, -0.2) is 9.78 Å². The maximum absolute atomic E-state index is 12.2. The van der Waals surface area contributed by atoms with Gasteiger partial charge < -0.3 is 10.3 Å². The molecule has 0 bridgehead atoms. The Morgan fingerprint density at radius 3 is 2.58 bits per heavy atom. The van der Waals surface area contributed by atoms with E-state index in [9.17, 15) is 19.2 Å². The monoisotopic (exact) mass is 355 g/mol. The number of aromatic amines is 1. The fraction of sp³-hybridized carbons (Fsp3) is 0.235. The van der Waals surface area contributed by atoms with E-state index in [2.05, 4.69) is 20.6 Å². The maximum Gasteiger partial charge on any atom is 0.329 e. The summed E-state index contributed by atoms with van der Waals surface area (Å²) in [6, 6.07) is 7.28. The van der Waals surface area contributed by atoms with Crippen molar-refractivity contribution in [2.45, 2.75) is 13.3 Å². The molecule has 0 unspecified atom stereocenters. The number of benzene rings is 1. The van der Waals surface area contributed by atoms with Crippen LogP contribution in [-0.4, -0.2) is 40.9 Å². The quantitative estimate of drug-likeness (QED) is 0.657. The van der Waals surface area contributed by atoms with E-state index in [-0.39, 0.29) is 23.9 Å². The Hall–Kier alpha value is -3.49. The van der Waals surface area contributed by atoms with Gasteiger partial charge in [-0.2, -0.15) is 0 Å². The highest BCUT2D eigenvalue weighted by Crippen LogP contribution is 2.17. The minimum Gasteiger partial charge on any atom is -0.352 e. The van der Waals surface area contributed by atoms with Crippen LogP contribution in [0.25, 0.3) is 0 Å². The number of nitrogens with one attached hydrogen (secondary N) is 3. The summed E-state index contributed by atoms with van der Waals surface area (Å²) in [5.74, 6) is -0.136. The van der Waals surface area contributed by atoms with Gasteiger partial charge in [-0.3, -0.25) is 24.6 Å². The predicted molar refractivity (Wildman–Crippen MR) is 93.0 cm³/mol. The van der Waals surface area contributed by atoms with Crippen LogP contribution in [0.5, 0.6) is 0 Å². The predicted octanol–water partition coefficient (Wildman–Crippen LogP) is 0.107. The van der Waals surface area contributed by atoms with E-state index in [0.717, 1.165) is 0 Å². The van der Waals surface area contributed by atoms with Crippen LogP contribution < -0.4 is 21.1 Å². The largest absolute Gasteiger partial charge is 0.352 e. The molecule has 134 valence electrons. The van der Waals surface area contributed by atoms with Crippen molar-refractivity contribution in [3.8, 4) is 0 Å². The van der Waals surface area contributed by atoms with Crippen LogP contribution in [0.1, 0.15) is 21.9 Å². The van der Waals surface area contributed by atoms with Crippen molar-refractivity contribution < 1.29 is 14.4 Å². The highest BCUT2D eigenvalue weighted by molar-refractivity contribution is 6.12. The molecule has 4 amide bonds. The molecule has 26 heavy (non-hydrogen) atoms. The summed E-state index contributed by atoms with van der Waals surface area (Å²) >= 11 is 0. The molecule has 0 spiro atoms. The third-order valence-electron chi connectivity index (χ3n) is 3.80. The molecule has 0 atom stereocenters. The summed E-state index contributed by atoms with van der Waals surface area (Å²) < 4.78 is 0. The number of aromatic nitrogens is 2. The summed E-state index contributed by atoms with van der Waals surface area (Å²) in [6.45, 7) is 2.01. The van der Waals surface area contributed by atoms with E-state index < -0.39 is 6.03 Å². The Bertz CT molecular complexity index is 919. The van der Waals surface area contributed by atoms with Crippen molar-refractivity contribution in [1.82, 2.24) is 20.6 Å². The minimum atomic E-state index is -0.480. The number of carbonyl (C=O) groups is 3. The zero-order chi connectivity index (χ0) is 18.7. The molecule has 1 saturated heterocycles. The lowest BCUT2D eigenvalue weighted by molar-refractivity contribution is -0.117. The SMILES string of the molecule is Cc1cc(=O)[nH]c(CCNC(=O)c2ccc(N3CC(=O)NC3=O)cc2)n1. The highest BCUT2D eigenvalue weighted by Gasteiger charge is 2.27. The zero-order valence-electron chi connectivity index (χ0n) is 14.0. The normalized spacial score (nSPS) is 13.7. The van der Waals surface area contributed by atoms with Crippen LogP contribution in [0.15, 0.2) is 35.1 Å². The van der Waals surface area contributed by atoms with Crippen LogP contribution in [0.4, 0.5) is 10.5 Å². The van der Waals surface area contributed by atoms with Gasteiger partial charge in [0, 0.05) is 36.0 Å². The van der Waals surface area contributed by atoms with Gasteiger partial charge in [0.1, 0.15) is 12.4 Å². The van der Waals surface area contributed by atoms with Gasteiger partial charge in [0.2, 0.25) is 5.91 Å². The van der Waals surface area contributed by atoms with Crippen molar-refractivity contribution >= 4 is 23.5 Å². The minimum absolute atomic E-state index is 0.0356. The lowest BCUT2D eigenvalue weighted by Crippen LogP contribution is -2.28. The topological polar surface area (TPSA) is 124 Å². The molecule has 2 heterocycles. The highest BCUT2D eigenvalue weighted by atomic mass is 16.2. The van der Waals surface area contributed by atoms with Gasteiger partial charge in [0.25, 0.3) is 11.5 Å². The number of amides is 4. The molecule has 1 aromatic carbocycles. The third kappa shape index (κ3) is 3.94. The first-order valence-electron chi connectivity index (χ1n) is 7.99. The summed E-state index contributed by atoms with van der Waals surface area (Å²) in [4.78, 5) is 54.5. The van der Waals surface area contributed by atoms with Gasteiger partial charge in [-0.1, -0.05) is 0 Å². The number of hydrogen-bond donors (Lipinski definition) is 3. The summed E-state index contributed by atoms with van der Waals surface area (Å²) in [5.41, 5.74) is 1.35. The number of aryl methyl sites for hydroxylation is 1. The molecule has 9 nitrogen and oxygen atoms in total. The molecule has 1 aromatic heterocycles. The average Bonchev–Trinajstić information content (AvgIpc) is 2.92. The van der Waals surface area contributed by atoms with E-state index >= 15 is 0 Å². The number of hydrogen-bond acceptors (Lipinski definition) is 5. The second-order valence-corrected chi connectivity index (χ2v) is 5.83. The molecule has 2 aromatic rings. The number of anilines is 1. The molecule has 9 heteroatoms. The lowest BCUT2D eigenvalue weighted by Gasteiger charge is -2.13. The lowest BCUT2D eigenvalue weighted by atomic mass is 10.2. The van der Waals surface area contributed by atoms with Gasteiger partial charge in [0.15, 0.2) is 0 Å². The first-order valence-corrected chi connectivity index (χ1v) is 7.99. The Morgan fingerprint density at radius 1 is 1.23 bits per heavy atom. The fourth-order valence-electron chi connectivity index (χ4n) is 2.60. The number of rotatable bonds is 5. The summed E-state index contributed by atoms with van der Waals surface area (Å²) in [6.07, 6.45) is 0.400. The standard InChI is InChI=1S/C17H17N5O4/c1-10-8-14(23)20-13(19-10)6-7-18-16(25)11-2-4-12(5-3-11)22-9-15(24)21-17(22)26/h2-5,8H,6-7,9H2,1H3,(H,18,25)(H,19,20,23)(H,21,24,26). The Balaban J connectivity index is 1.57. The Kier molecular flexibility index (Phi) is 4.78. The Morgan fingerprint density at radius 2 is 1.96 bits per heavy atom. The van der Waals surface area contributed by atoms with Crippen LogP contribution >= 0.6 is 0 Å². The number of carbonyl (C=O) groups excluding carboxylic acids is 3. The summed E-state index contributed by atoms with van der Waals surface area (Å²) in [7, 11) is 0. The number of urea groups is 1. The van der Waals surface area contributed by atoms with E-state index in [1.807, 2.05) is 0 Å². The Labute approximate surface area is 148 Å². The average molecular weight is 355 g/mol. The molecule has 0 saturated carbocycles. The van der Waals surface area contributed by atoms with Crippen molar-refractivity contribution in [2.75, 3.05) is 18.0 Å². The first kappa shape index (κ1) is 17.3. The zero-order valence-corrected chi connectivity index (χ0v) is 14.0. The van der Waals surface area contributed by atoms with Crippen LogP contribution in [0.2, 0.25) is 0 Å². The van der Waals surface area contributed by atoms with E-state index in [1.54, 1.807) is 31.2 Å². The van der Waals surface area contributed by atoms with Gasteiger partial charge >= 0.3 is 6.03 Å². The van der Waals surface area contributed by atoms with Crippen molar-refractivity contribution in [3.63, 3.8) is 0 Å². The first-order chi connectivity index (χ1) is 12.4. The van der Waals surface area contributed by atoms with E-state index in [0.29, 0.717) is 35.7 Å². The number of nitrogens with zero attached hydrogens (tertiary/aromatic N) is 2. The molecule has 3 N–H and O–H groups in total. The van der Waals surface area contributed by atoms with Crippen molar-refractivity contribution in [3.05, 3.63) is 57.8 Å². The maximum atomic E-state index is 12.2. The molecule has 1 aliphatic heterocycles. The van der Waals surface area contributed by atoms with Gasteiger partial charge in [0.05, 0.1) is 0 Å².